The molecule has 0 saturated carbocycles. The highest BCUT2D eigenvalue weighted by Crippen LogP contribution is 2.38. The molecule has 6 heteroatoms. The summed E-state index contributed by atoms with van der Waals surface area (Å²) in [5.74, 6) is -0.212. The van der Waals surface area contributed by atoms with Gasteiger partial charge < -0.3 is 9.16 Å². The lowest BCUT2D eigenvalue weighted by Gasteiger charge is -2.44. The molecule has 2 amide bonds. The largest absolute Gasteiger partial charge is 0.443 e. The molecule has 3 rings (SSSR count). The molecule has 0 radical (unpaired) electrons. The molecule has 0 spiro atoms. The fraction of sp³-hybridized carbons (Fsp3) is 0.481. The maximum absolute atomic E-state index is 12.9. The van der Waals surface area contributed by atoms with Gasteiger partial charge >= 0.3 is 6.09 Å². The number of likely N-dealkylation sites (tertiary alicyclic amines) is 1. The highest BCUT2D eigenvalue weighted by atomic mass is 28.4. The molecule has 1 heterocycles. The Labute approximate surface area is 199 Å². The lowest BCUT2D eigenvalue weighted by Crippen LogP contribution is -2.67. The number of amides is 2. The summed E-state index contributed by atoms with van der Waals surface area (Å²) in [6, 6.07) is 20.4. The minimum Gasteiger partial charge on any atom is -0.443 e. The van der Waals surface area contributed by atoms with Gasteiger partial charge in [-0.1, -0.05) is 88.4 Å². The van der Waals surface area contributed by atoms with Crippen molar-refractivity contribution in [3.05, 3.63) is 60.7 Å². The van der Waals surface area contributed by atoms with Crippen molar-refractivity contribution < 1.29 is 18.8 Å². The van der Waals surface area contributed by atoms with Gasteiger partial charge in [0.05, 0.1) is 12.6 Å². The van der Waals surface area contributed by atoms with E-state index in [9.17, 15) is 9.59 Å². The number of nitrogens with zero attached hydrogens (tertiary/aromatic N) is 1. The number of rotatable bonds is 5. The zero-order chi connectivity index (χ0) is 24.4. The Hall–Kier alpha value is -2.44. The Bertz CT molecular complexity index is 924. The van der Waals surface area contributed by atoms with Crippen molar-refractivity contribution in [1.29, 1.82) is 0 Å². The molecule has 0 bridgehead atoms. The van der Waals surface area contributed by atoms with Crippen LogP contribution in [-0.2, 0) is 14.0 Å². The molecule has 1 fully saturated rings. The van der Waals surface area contributed by atoms with Gasteiger partial charge in [-0.05, 0) is 42.1 Å². The van der Waals surface area contributed by atoms with Crippen LogP contribution in [0.15, 0.2) is 60.7 Å². The van der Waals surface area contributed by atoms with Gasteiger partial charge in [-0.3, -0.25) is 4.79 Å². The van der Waals surface area contributed by atoms with Crippen molar-refractivity contribution >= 4 is 30.7 Å². The Morgan fingerprint density at radius 2 is 1.42 bits per heavy atom. The van der Waals surface area contributed by atoms with Gasteiger partial charge in [0, 0.05) is 6.42 Å². The summed E-state index contributed by atoms with van der Waals surface area (Å²) in [5.41, 5.74) is -0.674. The third-order valence-corrected chi connectivity index (χ3v) is 11.2. The highest BCUT2D eigenvalue weighted by molar-refractivity contribution is 6.99. The molecule has 5 nitrogen and oxygen atoms in total. The Balaban J connectivity index is 2.02. The first kappa shape index (κ1) is 25.2. The second-order valence-electron chi connectivity index (χ2n) is 11.0. The normalized spacial score (nSPS) is 19.6. The Kier molecular flexibility index (Phi) is 7.20. The summed E-state index contributed by atoms with van der Waals surface area (Å²) in [7, 11) is -2.77. The predicted molar refractivity (Wildman–Crippen MR) is 134 cm³/mol. The number of benzene rings is 2. The second kappa shape index (κ2) is 9.43. The van der Waals surface area contributed by atoms with Crippen molar-refractivity contribution in [2.45, 2.75) is 71.6 Å². The van der Waals surface area contributed by atoms with Gasteiger partial charge in [-0.25, -0.2) is 9.69 Å². The smallest absolute Gasteiger partial charge is 0.417 e. The second-order valence-corrected chi connectivity index (χ2v) is 15.3. The van der Waals surface area contributed by atoms with Gasteiger partial charge in [0.15, 0.2) is 0 Å². The van der Waals surface area contributed by atoms with Gasteiger partial charge in [0.1, 0.15) is 5.60 Å². The summed E-state index contributed by atoms with van der Waals surface area (Å²) in [6.07, 6.45) is -0.276. The van der Waals surface area contributed by atoms with Crippen LogP contribution in [0.3, 0.4) is 0 Å². The molecule has 0 aromatic heterocycles. The first-order chi connectivity index (χ1) is 15.4. The zero-order valence-electron chi connectivity index (χ0n) is 20.9. The number of carbonyl (C=O) groups is 2. The van der Waals surface area contributed by atoms with Crippen LogP contribution in [0.5, 0.6) is 0 Å². The summed E-state index contributed by atoms with van der Waals surface area (Å²) in [4.78, 5) is 27.0. The zero-order valence-corrected chi connectivity index (χ0v) is 21.9. The van der Waals surface area contributed by atoms with Gasteiger partial charge in [0.2, 0.25) is 5.91 Å². The van der Waals surface area contributed by atoms with Crippen LogP contribution in [0.25, 0.3) is 0 Å². The molecule has 2 atom stereocenters. The molecular formula is C27H37NO4Si. The van der Waals surface area contributed by atoms with Crippen LogP contribution in [0, 0.1) is 5.92 Å². The van der Waals surface area contributed by atoms with Crippen LogP contribution in [0.2, 0.25) is 5.04 Å². The van der Waals surface area contributed by atoms with E-state index < -0.39 is 20.0 Å². The Morgan fingerprint density at radius 1 is 0.939 bits per heavy atom. The van der Waals surface area contributed by atoms with E-state index in [-0.39, 0.29) is 29.5 Å². The van der Waals surface area contributed by atoms with Crippen LogP contribution in [-0.4, -0.2) is 43.5 Å². The van der Waals surface area contributed by atoms with Gasteiger partial charge in [-0.2, -0.15) is 0 Å². The molecule has 0 N–H and O–H groups in total. The fourth-order valence-corrected chi connectivity index (χ4v) is 9.28. The van der Waals surface area contributed by atoms with E-state index in [2.05, 4.69) is 45.0 Å². The van der Waals surface area contributed by atoms with E-state index in [4.69, 9.17) is 9.16 Å². The van der Waals surface area contributed by atoms with Crippen molar-refractivity contribution in [1.82, 2.24) is 4.90 Å². The molecule has 33 heavy (non-hydrogen) atoms. The van der Waals surface area contributed by atoms with Gasteiger partial charge in [0.25, 0.3) is 8.32 Å². The molecule has 2 aromatic rings. The lowest BCUT2D eigenvalue weighted by atomic mass is 10.0. The van der Waals surface area contributed by atoms with Crippen LogP contribution >= 0.6 is 0 Å². The molecule has 0 aliphatic carbocycles. The minimum absolute atomic E-state index is 0.0109. The molecule has 178 valence electrons. The standard InChI is InChI=1S/C27H37NO4Si/c1-20-18-24(29)28(25(30)32-26(2,3)4)23(20)19-31-33(27(5,6)7,21-14-10-8-11-15-21)22-16-12-9-13-17-22/h8-17,20,23H,18-19H2,1-7H3. The summed E-state index contributed by atoms with van der Waals surface area (Å²) >= 11 is 0. The van der Waals surface area contributed by atoms with E-state index in [0.29, 0.717) is 6.42 Å². The number of hydrogen-bond donors (Lipinski definition) is 0. The summed E-state index contributed by atoms with van der Waals surface area (Å²) < 4.78 is 12.6. The average molecular weight is 468 g/mol. The first-order valence-electron chi connectivity index (χ1n) is 11.7. The molecular weight excluding hydrogens is 430 g/mol. The van der Waals surface area contributed by atoms with E-state index in [1.54, 1.807) is 0 Å². The average Bonchev–Trinajstić information content (AvgIpc) is 3.01. The van der Waals surface area contributed by atoms with E-state index in [1.165, 1.54) is 15.3 Å². The van der Waals surface area contributed by atoms with Crippen LogP contribution in [0.4, 0.5) is 4.79 Å². The van der Waals surface area contributed by atoms with Crippen molar-refractivity contribution in [3.63, 3.8) is 0 Å². The Morgan fingerprint density at radius 3 is 1.85 bits per heavy atom. The molecule has 1 aliphatic rings. The van der Waals surface area contributed by atoms with E-state index in [1.807, 2.05) is 64.1 Å². The van der Waals surface area contributed by atoms with E-state index >= 15 is 0 Å². The predicted octanol–water partition coefficient (Wildman–Crippen LogP) is 4.74. The van der Waals surface area contributed by atoms with Crippen LogP contribution < -0.4 is 10.4 Å². The van der Waals surface area contributed by atoms with Crippen molar-refractivity contribution in [3.8, 4) is 0 Å². The maximum atomic E-state index is 12.9. The molecule has 2 unspecified atom stereocenters. The summed E-state index contributed by atoms with van der Waals surface area (Å²) in [5, 5.41) is 2.16. The highest BCUT2D eigenvalue weighted by Gasteiger charge is 2.52. The number of hydrogen-bond acceptors (Lipinski definition) is 4. The third kappa shape index (κ3) is 5.22. The number of imide groups is 1. The number of ether oxygens (including phenoxy) is 1. The molecule has 2 aromatic carbocycles. The molecule has 1 saturated heterocycles. The monoisotopic (exact) mass is 467 g/mol. The number of carbonyl (C=O) groups excluding carboxylic acids is 2. The first-order valence-corrected chi connectivity index (χ1v) is 13.6. The van der Waals surface area contributed by atoms with E-state index in [0.717, 1.165) is 0 Å². The van der Waals surface area contributed by atoms with Crippen molar-refractivity contribution in [2.24, 2.45) is 5.92 Å². The minimum atomic E-state index is -2.77. The quantitative estimate of drug-likeness (QED) is 0.596. The van der Waals surface area contributed by atoms with Crippen molar-refractivity contribution in [2.75, 3.05) is 6.61 Å². The SMILES string of the molecule is CC1CC(=O)N(C(=O)OC(C)(C)C)C1CO[Si](c1ccccc1)(c1ccccc1)C(C)(C)C. The third-order valence-electron chi connectivity index (χ3n) is 6.23. The van der Waals surface area contributed by atoms with Gasteiger partial charge in [-0.15, -0.1) is 0 Å². The maximum Gasteiger partial charge on any atom is 0.417 e. The topological polar surface area (TPSA) is 55.8 Å². The summed E-state index contributed by atoms with van der Waals surface area (Å²) in [6.45, 7) is 14.4. The fourth-order valence-electron chi connectivity index (χ4n) is 4.71. The molecule has 1 aliphatic heterocycles. The lowest BCUT2D eigenvalue weighted by molar-refractivity contribution is -0.128. The van der Waals surface area contributed by atoms with Crippen LogP contribution in [0.1, 0.15) is 54.9 Å².